The lowest BCUT2D eigenvalue weighted by Crippen LogP contribution is -2.19. The van der Waals surface area contributed by atoms with E-state index in [9.17, 15) is 4.39 Å². The fourth-order valence-corrected chi connectivity index (χ4v) is 1.65. The van der Waals surface area contributed by atoms with E-state index < -0.39 is 0 Å². The summed E-state index contributed by atoms with van der Waals surface area (Å²) in [5, 5.41) is 0. The molecule has 0 aliphatic carbocycles. The minimum absolute atomic E-state index is 0.0901. The number of hydrogen-bond donors (Lipinski definition) is 1. The molecule has 0 saturated heterocycles. The van der Waals surface area contributed by atoms with Crippen molar-refractivity contribution in [2.75, 3.05) is 7.11 Å². The first-order chi connectivity index (χ1) is 6.56. The molecular formula is C10H13BrFNO. The number of nitrogens with two attached hydrogens (primary N) is 1. The zero-order chi connectivity index (χ0) is 10.7. The van der Waals surface area contributed by atoms with E-state index in [-0.39, 0.29) is 11.9 Å². The van der Waals surface area contributed by atoms with Crippen LogP contribution in [-0.4, -0.2) is 13.2 Å². The summed E-state index contributed by atoms with van der Waals surface area (Å²) in [6.45, 7) is 1.83. The minimum Gasteiger partial charge on any atom is -0.496 e. The molecule has 0 amide bonds. The third-order valence-electron chi connectivity index (χ3n) is 1.90. The predicted octanol–water partition coefficient (Wildman–Crippen LogP) is 2.49. The number of methoxy groups -OCH3 is 1. The highest BCUT2D eigenvalue weighted by Gasteiger charge is 2.13. The average Bonchev–Trinajstić information content (AvgIpc) is 2.13. The summed E-state index contributed by atoms with van der Waals surface area (Å²) in [6, 6.07) is 3.26. The Kier molecular flexibility index (Phi) is 3.89. The number of halogens is 2. The maximum Gasteiger partial charge on any atom is 0.144 e. The van der Waals surface area contributed by atoms with Gasteiger partial charge in [0.15, 0.2) is 0 Å². The third kappa shape index (κ3) is 2.45. The Labute approximate surface area is 91.4 Å². The van der Waals surface area contributed by atoms with Gasteiger partial charge in [-0.1, -0.05) is 0 Å². The highest BCUT2D eigenvalue weighted by molar-refractivity contribution is 9.10. The van der Waals surface area contributed by atoms with Crippen molar-refractivity contribution >= 4 is 15.9 Å². The van der Waals surface area contributed by atoms with Gasteiger partial charge in [-0.05, 0) is 41.4 Å². The maximum atomic E-state index is 13.6. The predicted molar refractivity (Wildman–Crippen MR) is 58.0 cm³/mol. The summed E-state index contributed by atoms with van der Waals surface area (Å²) in [5.41, 5.74) is 6.15. The Morgan fingerprint density at radius 3 is 2.71 bits per heavy atom. The first-order valence-electron chi connectivity index (χ1n) is 4.32. The molecule has 4 heteroatoms. The molecule has 2 N–H and O–H groups in total. The van der Waals surface area contributed by atoms with Crippen LogP contribution in [0.1, 0.15) is 12.5 Å². The largest absolute Gasteiger partial charge is 0.496 e. The van der Waals surface area contributed by atoms with E-state index in [0.717, 1.165) is 0 Å². The molecule has 0 saturated carbocycles. The number of rotatable bonds is 3. The van der Waals surface area contributed by atoms with E-state index in [0.29, 0.717) is 22.2 Å². The normalized spacial score (nSPS) is 12.6. The maximum absolute atomic E-state index is 13.6. The first-order valence-corrected chi connectivity index (χ1v) is 5.12. The fourth-order valence-electron chi connectivity index (χ4n) is 1.28. The number of hydrogen-bond acceptors (Lipinski definition) is 2. The van der Waals surface area contributed by atoms with Crippen LogP contribution < -0.4 is 10.5 Å². The van der Waals surface area contributed by atoms with Crippen LogP contribution in [-0.2, 0) is 6.42 Å². The van der Waals surface area contributed by atoms with Crippen LogP contribution in [0.2, 0.25) is 0 Å². The molecule has 1 aromatic carbocycles. The molecule has 0 aliphatic heterocycles. The monoisotopic (exact) mass is 261 g/mol. The molecule has 0 bridgehead atoms. The molecular weight excluding hydrogens is 249 g/mol. The van der Waals surface area contributed by atoms with Crippen LogP contribution in [0.25, 0.3) is 0 Å². The second-order valence-corrected chi connectivity index (χ2v) is 4.08. The van der Waals surface area contributed by atoms with Crippen molar-refractivity contribution < 1.29 is 9.13 Å². The van der Waals surface area contributed by atoms with Crippen LogP contribution in [0.3, 0.4) is 0 Å². The van der Waals surface area contributed by atoms with Gasteiger partial charge < -0.3 is 10.5 Å². The number of benzene rings is 1. The molecule has 78 valence electrons. The van der Waals surface area contributed by atoms with Gasteiger partial charge in [0.1, 0.15) is 11.6 Å². The molecule has 0 fully saturated rings. The van der Waals surface area contributed by atoms with Crippen molar-refractivity contribution in [3.8, 4) is 5.75 Å². The fraction of sp³-hybridized carbons (Fsp3) is 0.400. The zero-order valence-corrected chi connectivity index (χ0v) is 9.77. The van der Waals surface area contributed by atoms with Gasteiger partial charge in [0.05, 0.1) is 11.6 Å². The lowest BCUT2D eigenvalue weighted by Gasteiger charge is -2.12. The van der Waals surface area contributed by atoms with Crippen LogP contribution in [0.4, 0.5) is 4.39 Å². The topological polar surface area (TPSA) is 35.2 Å². The molecule has 0 spiro atoms. The SMILES string of the molecule is COc1ccc(Br)c(F)c1CC(C)N. The van der Waals surface area contributed by atoms with Crippen molar-refractivity contribution in [3.05, 3.63) is 28.0 Å². The van der Waals surface area contributed by atoms with Gasteiger partial charge in [-0.3, -0.25) is 0 Å². The molecule has 1 rings (SSSR count). The standard InChI is InChI=1S/C10H13BrFNO/c1-6(13)5-7-9(14-2)4-3-8(11)10(7)12/h3-4,6H,5,13H2,1-2H3. The van der Waals surface area contributed by atoms with Crippen molar-refractivity contribution in [1.82, 2.24) is 0 Å². The Bertz CT molecular complexity index is 328. The van der Waals surface area contributed by atoms with E-state index in [1.807, 2.05) is 6.92 Å². The van der Waals surface area contributed by atoms with Gasteiger partial charge in [0, 0.05) is 11.6 Å². The van der Waals surface area contributed by atoms with E-state index in [1.54, 1.807) is 12.1 Å². The van der Waals surface area contributed by atoms with Crippen molar-refractivity contribution in [1.29, 1.82) is 0 Å². The Morgan fingerprint density at radius 1 is 1.57 bits per heavy atom. The number of ether oxygens (including phenoxy) is 1. The minimum atomic E-state index is -0.290. The summed E-state index contributed by atoms with van der Waals surface area (Å²) in [7, 11) is 1.52. The Morgan fingerprint density at radius 2 is 2.21 bits per heavy atom. The smallest absolute Gasteiger partial charge is 0.144 e. The van der Waals surface area contributed by atoms with Gasteiger partial charge in [-0.2, -0.15) is 0 Å². The summed E-state index contributed by atoms with van der Waals surface area (Å²) in [4.78, 5) is 0. The molecule has 2 nitrogen and oxygen atoms in total. The third-order valence-corrected chi connectivity index (χ3v) is 2.51. The Hall–Kier alpha value is -0.610. The van der Waals surface area contributed by atoms with Gasteiger partial charge in [-0.15, -0.1) is 0 Å². The highest BCUT2D eigenvalue weighted by atomic mass is 79.9. The molecule has 1 aromatic rings. The van der Waals surface area contributed by atoms with Gasteiger partial charge in [0.2, 0.25) is 0 Å². The lowest BCUT2D eigenvalue weighted by atomic mass is 10.1. The molecule has 14 heavy (non-hydrogen) atoms. The van der Waals surface area contributed by atoms with Crippen molar-refractivity contribution in [2.45, 2.75) is 19.4 Å². The Balaban J connectivity index is 3.14. The molecule has 0 radical (unpaired) electrons. The van der Waals surface area contributed by atoms with Crippen molar-refractivity contribution in [3.63, 3.8) is 0 Å². The van der Waals surface area contributed by atoms with E-state index in [2.05, 4.69) is 15.9 Å². The van der Waals surface area contributed by atoms with E-state index in [4.69, 9.17) is 10.5 Å². The quantitative estimate of drug-likeness (QED) is 0.908. The molecule has 1 atom stereocenters. The molecule has 0 aromatic heterocycles. The lowest BCUT2D eigenvalue weighted by molar-refractivity contribution is 0.402. The molecule has 1 unspecified atom stereocenters. The van der Waals surface area contributed by atoms with Crippen LogP contribution >= 0.6 is 15.9 Å². The van der Waals surface area contributed by atoms with Gasteiger partial charge >= 0.3 is 0 Å². The van der Waals surface area contributed by atoms with E-state index >= 15 is 0 Å². The van der Waals surface area contributed by atoms with Crippen molar-refractivity contribution in [2.24, 2.45) is 5.73 Å². The zero-order valence-electron chi connectivity index (χ0n) is 8.18. The highest BCUT2D eigenvalue weighted by Crippen LogP contribution is 2.28. The first kappa shape index (κ1) is 11.5. The average molecular weight is 262 g/mol. The summed E-state index contributed by atoms with van der Waals surface area (Å²) in [5.74, 6) is 0.254. The molecule has 0 heterocycles. The second kappa shape index (κ2) is 4.75. The second-order valence-electron chi connectivity index (χ2n) is 3.22. The van der Waals surface area contributed by atoms with Gasteiger partial charge in [-0.25, -0.2) is 4.39 Å². The summed E-state index contributed by atoms with van der Waals surface area (Å²) in [6.07, 6.45) is 0.467. The van der Waals surface area contributed by atoms with Gasteiger partial charge in [0.25, 0.3) is 0 Å². The van der Waals surface area contributed by atoms with Crippen LogP contribution in [0.15, 0.2) is 16.6 Å². The van der Waals surface area contributed by atoms with Crippen LogP contribution in [0.5, 0.6) is 5.75 Å². The van der Waals surface area contributed by atoms with Crippen LogP contribution in [0, 0.1) is 5.82 Å². The summed E-state index contributed by atoms with van der Waals surface area (Å²) < 4.78 is 19.1. The summed E-state index contributed by atoms with van der Waals surface area (Å²) >= 11 is 3.13. The van der Waals surface area contributed by atoms with E-state index in [1.165, 1.54) is 7.11 Å². The molecule has 0 aliphatic rings.